The van der Waals surface area contributed by atoms with E-state index < -0.39 is 5.97 Å². The summed E-state index contributed by atoms with van der Waals surface area (Å²) < 4.78 is 5.29. The molecule has 0 aliphatic carbocycles. The van der Waals surface area contributed by atoms with Crippen LogP contribution >= 0.6 is 11.6 Å². The summed E-state index contributed by atoms with van der Waals surface area (Å²) in [6.45, 7) is 9.02. The first-order valence-corrected chi connectivity index (χ1v) is 11.7. The number of amides is 1. The number of halogens is 1. The number of rotatable bonds is 4. The molecule has 4 aromatic rings. The fraction of sp³-hybridized carbons (Fsp3) is 0.207. The summed E-state index contributed by atoms with van der Waals surface area (Å²) in [5, 5.41) is 11.5. The molecule has 0 saturated carbocycles. The van der Waals surface area contributed by atoms with E-state index in [1.54, 1.807) is 32.2 Å². The van der Waals surface area contributed by atoms with Crippen molar-refractivity contribution < 1.29 is 19.4 Å². The van der Waals surface area contributed by atoms with Crippen LogP contribution in [0.2, 0.25) is 5.02 Å². The number of nitrogens with zero attached hydrogens (tertiary/aromatic N) is 1. The number of nitrogens with one attached hydrogen (secondary N) is 1. The number of hydrogen-bond donors (Lipinski definition) is 2. The van der Waals surface area contributed by atoms with Crippen molar-refractivity contribution in [2.45, 2.75) is 34.6 Å². The minimum atomic E-state index is -0.402. The zero-order chi connectivity index (χ0) is 26.6. The second-order valence-electron chi connectivity index (χ2n) is 8.49. The highest BCUT2D eigenvalue weighted by atomic mass is 35.5. The number of anilines is 1. The molecule has 0 unspecified atom stereocenters. The van der Waals surface area contributed by atoms with Crippen molar-refractivity contribution in [2.75, 3.05) is 12.4 Å². The summed E-state index contributed by atoms with van der Waals surface area (Å²) in [6, 6.07) is 15.1. The van der Waals surface area contributed by atoms with E-state index in [-0.39, 0.29) is 5.91 Å². The van der Waals surface area contributed by atoms with Gasteiger partial charge in [0, 0.05) is 41.1 Å². The predicted molar refractivity (Wildman–Crippen MR) is 145 cm³/mol. The number of aromatic nitrogens is 1. The van der Waals surface area contributed by atoms with Crippen molar-refractivity contribution in [3.05, 3.63) is 87.6 Å². The number of aryl methyl sites for hydroxylation is 4. The number of hydrogen-bond acceptors (Lipinski definition) is 5. The Bertz CT molecular complexity index is 1440. The van der Waals surface area contributed by atoms with Crippen molar-refractivity contribution in [1.29, 1.82) is 0 Å². The molecule has 0 spiro atoms. The van der Waals surface area contributed by atoms with Crippen LogP contribution in [0.25, 0.3) is 22.0 Å². The molecule has 0 radical (unpaired) electrons. The lowest BCUT2D eigenvalue weighted by atomic mass is 9.96. The number of carbonyl (C=O) groups excluding carboxylic acids is 2. The summed E-state index contributed by atoms with van der Waals surface area (Å²) in [4.78, 5) is 29.4. The van der Waals surface area contributed by atoms with Crippen LogP contribution in [0.4, 0.5) is 5.69 Å². The molecule has 1 heterocycles. The molecule has 36 heavy (non-hydrogen) atoms. The fourth-order valence-corrected chi connectivity index (χ4v) is 4.52. The zero-order valence-corrected chi connectivity index (χ0v) is 21.9. The topological polar surface area (TPSA) is 88.5 Å². The minimum absolute atomic E-state index is 0.292. The molecule has 0 atom stereocenters. The van der Waals surface area contributed by atoms with Crippen LogP contribution in [0.5, 0.6) is 5.75 Å². The summed E-state index contributed by atoms with van der Waals surface area (Å²) in [5.74, 6) is -0.223. The van der Waals surface area contributed by atoms with Crippen LogP contribution in [0, 0.1) is 27.7 Å². The van der Waals surface area contributed by atoms with E-state index >= 15 is 0 Å². The molecule has 7 heteroatoms. The van der Waals surface area contributed by atoms with Gasteiger partial charge in [-0.25, -0.2) is 0 Å². The van der Waals surface area contributed by atoms with E-state index in [0.717, 1.165) is 40.3 Å². The third kappa shape index (κ3) is 5.56. The van der Waals surface area contributed by atoms with Gasteiger partial charge in [-0.2, -0.15) is 0 Å². The standard InChI is InChI=1S/C28H25ClN2O3.CH4O/c1-15-10-16(2)26-22(11-15)25(21-8-6-7-9-23(21)29)24(14-30-26)31-28(33)20-12-17(3)27(18(4)13-20)34-19(5)32;1-2/h6-14H,1-5H3,(H,31,33);2H,1H3. The van der Waals surface area contributed by atoms with E-state index in [1.807, 2.05) is 38.1 Å². The highest BCUT2D eigenvalue weighted by molar-refractivity contribution is 6.34. The second-order valence-corrected chi connectivity index (χ2v) is 8.90. The van der Waals surface area contributed by atoms with Gasteiger partial charge in [0.2, 0.25) is 0 Å². The molecular weight excluding hydrogens is 476 g/mol. The summed E-state index contributed by atoms with van der Waals surface area (Å²) in [5.41, 5.74) is 7.06. The lowest BCUT2D eigenvalue weighted by Gasteiger charge is -2.17. The highest BCUT2D eigenvalue weighted by Gasteiger charge is 2.19. The molecule has 0 fully saturated rings. The Morgan fingerprint density at radius 2 is 1.58 bits per heavy atom. The summed E-state index contributed by atoms with van der Waals surface area (Å²) in [6.07, 6.45) is 1.67. The van der Waals surface area contributed by atoms with Gasteiger partial charge in [-0.05, 0) is 68.7 Å². The Morgan fingerprint density at radius 1 is 0.944 bits per heavy atom. The van der Waals surface area contributed by atoms with Crippen molar-refractivity contribution in [2.24, 2.45) is 0 Å². The first-order chi connectivity index (χ1) is 17.2. The normalized spacial score (nSPS) is 10.4. The van der Waals surface area contributed by atoms with Crippen molar-refractivity contribution in [1.82, 2.24) is 4.98 Å². The maximum Gasteiger partial charge on any atom is 0.308 e. The first kappa shape index (κ1) is 26.9. The quantitative estimate of drug-likeness (QED) is 0.242. The third-order valence-corrected chi connectivity index (χ3v) is 6.00. The van der Waals surface area contributed by atoms with E-state index in [0.29, 0.717) is 33.1 Å². The molecule has 0 bridgehead atoms. The fourth-order valence-electron chi connectivity index (χ4n) is 4.29. The smallest absolute Gasteiger partial charge is 0.308 e. The molecule has 0 aliphatic heterocycles. The largest absolute Gasteiger partial charge is 0.426 e. The van der Waals surface area contributed by atoms with Crippen LogP contribution in [0.1, 0.15) is 39.5 Å². The predicted octanol–water partition coefficient (Wildman–Crippen LogP) is 6.57. The van der Waals surface area contributed by atoms with Crippen LogP contribution in [-0.2, 0) is 4.79 Å². The molecule has 4 rings (SSSR count). The molecule has 3 aromatic carbocycles. The van der Waals surface area contributed by atoms with Gasteiger partial charge in [0.15, 0.2) is 0 Å². The molecule has 0 aliphatic rings. The molecular formula is C29H29ClN2O4. The number of benzene rings is 3. The number of pyridine rings is 1. The van der Waals surface area contributed by atoms with Gasteiger partial charge in [-0.3, -0.25) is 14.6 Å². The molecule has 6 nitrogen and oxygen atoms in total. The number of fused-ring (bicyclic) bond motifs is 1. The molecule has 1 aromatic heterocycles. The van der Waals surface area contributed by atoms with Crippen LogP contribution < -0.4 is 10.1 Å². The van der Waals surface area contributed by atoms with Crippen molar-refractivity contribution in [3.8, 4) is 16.9 Å². The lowest BCUT2D eigenvalue weighted by Crippen LogP contribution is -2.14. The highest BCUT2D eigenvalue weighted by Crippen LogP contribution is 2.39. The number of aliphatic hydroxyl groups is 1. The Labute approximate surface area is 215 Å². The average Bonchev–Trinajstić information content (AvgIpc) is 2.83. The Morgan fingerprint density at radius 3 is 2.19 bits per heavy atom. The van der Waals surface area contributed by atoms with Gasteiger partial charge >= 0.3 is 5.97 Å². The molecule has 2 N–H and O–H groups in total. The first-order valence-electron chi connectivity index (χ1n) is 11.4. The SMILES string of the molecule is CC(=O)Oc1c(C)cc(C(=O)Nc2cnc3c(C)cc(C)cc3c2-c2ccccc2Cl)cc1C.CO. The van der Waals surface area contributed by atoms with Crippen LogP contribution in [-0.4, -0.2) is 29.1 Å². The van der Waals surface area contributed by atoms with Gasteiger partial charge in [-0.1, -0.05) is 41.4 Å². The number of ether oxygens (including phenoxy) is 1. The van der Waals surface area contributed by atoms with Gasteiger partial charge in [-0.15, -0.1) is 0 Å². The average molecular weight is 505 g/mol. The monoisotopic (exact) mass is 504 g/mol. The second kappa shape index (κ2) is 11.3. The number of esters is 1. The van der Waals surface area contributed by atoms with E-state index in [9.17, 15) is 9.59 Å². The van der Waals surface area contributed by atoms with Crippen molar-refractivity contribution in [3.63, 3.8) is 0 Å². The number of aliphatic hydroxyl groups excluding tert-OH is 1. The van der Waals surface area contributed by atoms with E-state index in [2.05, 4.69) is 22.4 Å². The van der Waals surface area contributed by atoms with Crippen LogP contribution in [0.3, 0.4) is 0 Å². The lowest BCUT2D eigenvalue weighted by molar-refractivity contribution is -0.131. The Balaban J connectivity index is 0.00000176. The molecule has 186 valence electrons. The van der Waals surface area contributed by atoms with Crippen LogP contribution in [0.15, 0.2) is 54.7 Å². The van der Waals surface area contributed by atoms with E-state index in [1.165, 1.54) is 6.92 Å². The molecule has 0 saturated heterocycles. The van der Waals surface area contributed by atoms with Crippen molar-refractivity contribution >= 4 is 40.1 Å². The summed E-state index contributed by atoms with van der Waals surface area (Å²) in [7, 11) is 1.00. The van der Waals surface area contributed by atoms with Gasteiger partial charge < -0.3 is 15.2 Å². The Hall–Kier alpha value is -3.74. The maximum absolute atomic E-state index is 13.3. The van der Waals surface area contributed by atoms with Gasteiger partial charge in [0.1, 0.15) is 5.75 Å². The molecule has 1 amide bonds. The van der Waals surface area contributed by atoms with E-state index in [4.69, 9.17) is 21.4 Å². The minimum Gasteiger partial charge on any atom is -0.426 e. The van der Waals surface area contributed by atoms with Gasteiger partial charge in [0.25, 0.3) is 5.91 Å². The third-order valence-electron chi connectivity index (χ3n) is 5.67. The van der Waals surface area contributed by atoms with Gasteiger partial charge in [0.05, 0.1) is 17.4 Å². The Kier molecular flexibility index (Phi) is 8.45. The summed E-state index contributed by atoms with van der Waals surface area (Å²) >= 11 is 6.59. The number of carbonyl (C=O) groups is 2. The maximum atomic E-state index is 13.3. The zero-order valence-electron chi connectivity index (χ0n) is 21.2.